The summed E-state index contributed by atoms with van der Waals surface area (Å²) in [7, 11) is 0. The Bertz CT molecular complexity index is 830. The summed E-state index contributed by atoms with van der Waals surface area (Å²) >= 11 is 1.64. The van der Waals surface area contributed by atoms with Crippen LogP contribution in [0.5, 0.6) is 0 Å². The van der Waals surface area contributed by atoms with Gasteiger partial charge in [-0.3, -0.25) is 4.57 Å². The van der Waals surface area contributed by atoms with Gasteiger partial charge in [-0.1, -0.05) is 59.8 Å². The molecular weight excluding hydrogens is 330 g/mol. The van der Waals surface area contributed by atoms with E-state index in [2.05, 4.69) is 58.9 Å². The van der Waals surface area contributed by atoms with Gasteiger partial charge in [0.25, 0.3) is 0 Å². The standard InChI is InChI=1S/C20H23N3OS/c1-15-9-10-18(16(2)13-15)23-19(14-17-7-4-3-5-8-17)21-22-20(23)25-12-6-11-24/h3-5,7-10,13,24H,6,11-12,14H2,1-2H3. The van der Waals surface area contributed by atoms with Gasteiger partial charge in [0, 0.05) is 18.8 Å². The molecule has 0 unspecified atom stereocenters. The molecule has 1 N–H and O–H groups in total. The topological polar surface area (TPSA) is 50.9 Å². The summed E-state index contributed by atoms with van der Waals surface area (Å²) in [4.78, 5) is 0. The van der Waals surface area contributed by atoms with Gasteiger partial charge in [0.2, 0.25) is 0 Å². The molecule has 0 radical (unpaired) electrons. The van der Waals surface area contributed by atoms with Crippen LogP contribution in [0.2, 0.25) is 0 Å². The van der Waals surface area contributed by atoms with Crippen LogP contribution in [0, 0.1) is 13.8 Å². The maximum absolute atomic E-state index is 9.05. The maximum Gasteiger partial charge on any atom is 0.195 e. The second-order valence-electron chi connectivity index (χ2n) is 6.11. The summed E-state index contributed by atoms with van der Waals surface area (Å²) < 4.78 is 2.16. The van der Waals surface area contributed by atoms with Gasteiger partial charge >= 0.3 is 0 Å². The Morgan fingerprint density at radius 1 is 1.04 bits per heavy atom. The molecule has 4 nitrogen and oxygen atoms in total. The van der Waals surface area contributed by atoms with E-state index < -0.39 is 0 Å². The van der Waals surface area contributed by atoms with Gasteiger partial charge in [-0.05, 0) is 37.5 Å². The van der Waals surface area contributed by atoms with Gasteiger partial charge in [-0.25, -0.2) is 0 Å². The fourth-order valence-corrected chi connectivity index (χ4v) is 3.70. The van der Waals surface area contributed by atoms with E-state index in [4.69, 9.17) is 5.11 Å². The SMILES string of the molecule is Cc1ccc(-n2c(Cc3ccccc3)nnc2SCCCO)c(C)c1. The third kappa shape index (κ3) is 4.30. The predicted molar refractivity (Wildman–Crippen MR) is 103 cm³/mol. The molecule has 0 bridgehead atoms. The number of thioether (sulfide) groups is 1. The molecule has 0 atom stereocenters. The quantitative estimate of drug-likeness (QED) is 0.516. The average molecular weight is 353 g/mol. The highest BCUT2D eigenvalue weighted by atomic mass is 32.2. The molecule has 0 aliphatic heterocycles. The molecule has 0 saturated carbocycles. The third-order valence-electron chi connectivity index (χ3n) is 4.03. The van der Waals surface area contributed by atoms with E-state index in [1.165, 1.54) is 16.7 Å². The van der Waals surface area contributed by atoms with Crippen molar-refractivity contribution in [3.8, 4) is 5.69 Å². The number of benzene rings is 2. The highest BCUT2D eigenvalue weighted by Crippen LogP contribution is 2.26. The minimum atomic E-state index is 0.196. The van der Waals surface area contributed by atoms with E-state index >= 15 is 0 Å². The smallest absolute Gasteiger partial charge is 0.195 e. The first-order chi connectivity index (χ1) is 12.2. The van der Waals surface area contributed by atoms with Crippen LogP contribution in [-0.2, 0) is 6.42 Å². The Hall–Kier alpha value is -2.11. The molecule has 130 valence electrons. The number of aromatic nitrogens is 3. The molecular formula is C20H23N3OS. The lowest BCUT2D eigenvalue weighted by atomic mass is 10.1. The monoisotopic (exact) mass is 353 g/mol. The van der Waals surface area contributed by atoms with Crippen LogP contribution in [-0.4, -0.2) is 32.2 Å². The number of hydrogen-bond acceptors (Lipinski definition) is 4. The molecule has 0 spiro atoms. The minimum Gasteiger partial charge on any atom is -0.396 e. The Balaban J connectivity index is 2.00. The Morgan fingerprint density at radius 3 is 2.56 bits per heavy atom. The molecule has 0 aliphatic rings. The van der Waals surface area contributed by atoms with E-state index in [1.54, 1.807) is 11.8 Å². The van der Waals surface area contributed by atoms with Gasteiger partial charge in [-0.2, -0.15) is 0 Å². The van der Waals surface area contributed by atoms with E-state index in [1.807, 2.05) is 18.2 Å². The van der Waals surface area contributed by atoms with Crippen molar-refractivity contribution >= 4 is 11.8 Å². The minimum absolute atomic E-state index is 0.196. The van der Waals surface area contributed by atoms with Crippen LogP contribution in [0.25, 0.3) is 5.69 Å². The van der Waals surface area contributed by atoms with E-state index in [0.29, 0.717) is 0 Å². The summed E-state index contributed by atoms with van der Waals surface area (Å²) in [5.74, 6) is 1.76. The van der Waals surface area contributed by atoms with Crippen molar-refractivity contribution in [1.29, 1.82) is 0 Å². The van der Waals surface area contributed by atoms with Gasteiger partial charge in [0.15, 0.2) is 5.16 Å². The first-order valence-electron chi connectivity index (χ1n) is 8.48. The molecule has 0 fully saturated rings. The van der Waals surface area contributed by atoms with E-state index in [0.717, 1.165) is 35.3 Å². The average Bonchev–Trinajstić information content (AvgIpc) is 2.99. The zero-order valence-electron chi connectivity index (χ0n) is 14.6. The van der Waals surface area contributed by atoms with Gasteiger partial charge < -0.3 is 5.11 Å². The maximum atomic E-state index is 9.05. The molecule has 3 aromatic rings. The van der Waals surface area contributed by atoms with Crippen molar-refractivity contribution in [2.24, 2.45) is 0 Å². The largest absolute Gasteiger partial charge is 0.396 e. The second kappa shape index (κ2) is 8.32. The number of nitrogens with zero attached hydrogens (tertiary/aromatic N) is 3. The van der Waals surface area contributed by atoms with E-state index in [-0.39, 0.29) is 6.61 Å². The molecule has 0 saturated heterocycles. The lowest BCUT2D eigenvalue weighted by molar-refractivity contribution is 0.296. The lowest BCUT2D eigenvalue weighted by Gasteiger charge is -2.13. The number of rotatable bonds is 7. The van der Waals surface area contributed by atoms with Gasteiger partial charge in [0.1, 0.15) is 5.82 Å². The van der Waals surface area contributed by atoms with Crippen molar-refractivity contribution in [2.45, 2.75) is 31.8 Å². The summed E-state index contributed by atoms with van der Waals surface area (Å²) in [5, 5.41) is 18.8. The molecule has 3 rings (SSSR count). The summed E-state index contributed by atoms with van der Waals surface area (Å²) in [6, 6.07) is 16.8. The van der Waals surface area contributed by atoms with Gasteiger partial charge in [-0.15, -0.1) is 10.2 Å². The number of aliphatic hydroxyl groups is 1. The number of hydrogen-bond donors (Lipinski definition) is 1. The molecule has 1 heterocycles. The highest BCUT2D eigenvalue weighted by Gasteiger charge is 2.16. The van der Waals surface area contributed by atoms with Crippen LogP contribution in [0.4, 0.5) is 0 Å². The zero-order chi connectivity index (χ0) is 17.6. The van der Waals surface area contributed by atoms with Crippen molar-refractivity contribution < 1.29 is 5.11 Å². The molecule has 0 amide bonds. The third-order valence-corrected chi connectivity index (χ3v) is 5.05. The Kier molecular flexibility index (Phi) is 5.89. The fourth-order valence-electron chi connectivity index (χ4n) is 2.81. The van der Waals surface area contributed by atoms with Crippen LogP contribution in [0.1, 0.15) is 28.9 Å². The summed E-state index contributed by atoms with van der Waals surface area (Å²) in [5.41, 5.74) is 4.78. The first-order valence-corrected chi connectivity index (χ1v) is 9.47. The number of aryl methyl sites for hydroxylation is 2. The summed E-state index contributed by atoms with van der Waals surface area (Å²) in [6.45, 7) is 4.42. The van der Waals surface area contributed by atoms with Crippen LogP contribution >= 0.6 is 11.8 Å². The summed E-state index contributed by atoms with van der Waals surface area (Å²) in [6.07, 6.45) is 1.49. The van der Waals surface area contributed by atoms with Crippen LogP contribution < -0.4 is 0 Å². The first kappa shape index (κ1) is 17.7. The van der Waals surface area contributed by atoms with Crippen molar-refractivity contribution in [3.05, 3.63) is 71.0 Å². The zero-order valence-corrected chi connectivity index (χ0v) is 15.5. The molecule has 2 aromatic carbocycles. The predicted octanol–water partition coefficient (Wildman–Crippen LogP) is 3.95. The number of aliphatic hydroxyl groups excluding tert-OH is 1. The van der Waals surface area contributed by atoms with Crippen molar-refractivity contribution in [1.82, 2.24) is 14.8 Å². The van der Waals surface area contributed by atoms with Crippen LogP contribution in [0.15, 0.2) is 53.7 Å². The Labute approximate surface area is 152 Å². The lowest BCUT2D eigenvalue weighted by Crippen LogP contribution is -2.06. The van der Waals surface area contributed by atoms with Crippen molar-refractivity contribution in [3.63, 3.8) is 0 Å². The normalized spacial score (nSPS) is 11.0. The second-order valence-corrected chi connectivity index (χ2v) is 7.17. The molecule has 5 heteroatoms. The van der Waals surface area contributed by atoms with Crippen molar-refractivity contribution in [2.75, 3.05) is 12.4 Å². The highest BCUT2D eigenvalue weighted by molar-refractivity contribution is 7.99. The molecule has 25 heavy (non-hydrogen) atoms. The van der Waals surface area contributed by atoms with E-state index in [9.17, 15) is 0 Å². The molecule has 0 aliphatic carbocycles. The van der Waals surface area contributed by atoms with Crippen LogP contribution in [0.3, 0.4) is 0 Å². The Morgan fingerprint density at radius 2 is 1.84 bits per heavy atom. The fraction of sp³-hybridized carbons (Fsp3) is 0.300. The van der Waals surface area contributed by atoms with Gasteiger partial charge in [0.05, 0.1) is 5.69 Å². The molecule has 1 aromatic heterocycles.